The molecule has 0 spiro atoms. The molecule has 2 amide bonds. The molecule has 2 aliphatic rings. The maximum Gasteiger partial charge on any atom is 0.272 e. The van der Waals surface area contributed by atoms with Crippen LogP contribution in [0.2, 0.25) is 10.0 Å². The third-order valence-electron chi connectivity index (χ3n) is 5.03. The van der Waals surface area contributed by atoms with E-state index < -0.39 is 0 Å². The highest BCUT2D eigenvalue weighted by atomic mass is 35.5. The van der Waals surface area contributed by atoms with Crippen LogP contribution in [0.3, 0.4) is 0 Å². The number of hydrogen-bond donors (Lipinski definition) is 1. The van der Waals surface area contributed by atoms with Gasteiger partial charge in [-0.2, -0.15) is 5.10 Å². The maximum absolute atomic E-state index is 12.9. The summed E-state index contributed by atoms with van der Waals surface area (Å²) in [6, 6.07) is 6.80. The van der Waals surface area contributed by atoms with Crippen molar-refractivity contribution >= 4 is 35.0 Å². The molecule has 4 rings (SSSR count). The third kappa shape index (κ3) is 3.87. The second kappa shape index (κ2) is 8.11. The Morgan fingerprint density at radius 2 is 2.07 bits per heavy atom. The molecule has 1 aromatic carbocycles. The lowest BCUT2D eigenvalue weighted by Crippen LogP contribution is -2.39. The third-order valence-corrected chi connectivity index (χ3v) is 5.73. The van der Waals surface area contributed by atoms with E-state index in [4.69, 9.17) is 27.9 Å². The zero-order valence-electron chi connectivity index (χ0n) is 15.2. The molecule has 7 nitrogen and oxygen atoms in total. The average Bonchev–Trinajstić information content (AvgIpc) is 3.34. The number of amides is 2. The van der Waals surface area contributed by atoms with Crippen LogP contribution in [0.4, 0.5) is 0 Å². The number of nitrogens with one attached hydrogen (secondary N) is 1. The minimum atomic E-state index is -0.300. The highest BCUT2D eigenvalue weighted by molar-refractivity contribution is 6.36. The van der Waals surface area contributed by atoms with Gasteiger partial charge in [-0.3, -0.25) is 14.3 Å². The van der Waals surface area contributed by atoms with E-state index >= 15 is 0 Å². The van der Waals surface area contributed by atoms with Crippen LogP contribution in [-0.2, 0) is 17.8 Å². The molecule has 28 heavy (non-hydrogen) atoms. The van der Waals surface area contributed by atoms with Crippen molar-refractivity contribution in [1.82, 2.24) is 20.0 Å². The van der Waals surface area contributed by atoms with Crippen molar-refractivity contribution in [2.45, 2.75) is 32.0 Å². The first-order chi connectivity index (χ1) is 13.5. The van der Waals surface area contributed by atoms with Gasteiger partial charge in [-0.25, -0.2) is 0 Å². The van der Waals surface area contributed by atoms with Gasteiger partial charge in [0.05, 0.1) is 12.6 Å². The molecule has 9 heteroatoms. The van der Waals surface area contributed by atoms with Gasteiger partial charge in [0, 0.05) is 47.9 Å². The lowest BCUT2D eigenvalue weighted by Gasteiger charge is -2.28. The molecule has 2 aromatic rings. The van der Waals surface area contributed by atoms with Crippen molar-refractivity contribution in [3.63, 3.8) is 0 Å². The molecule has 3 heterocycles. The lowest BCUT2D eigenvalue weighted by atomic mass is 10.2. The minimum absolute atomic E-state index is 0.0543. The average molecular weight is 423 g/mol. The highest BCUT2D eigenvalue weighted by Crippen LogP contribution is 2.27. The summed E-state index contributed by atoms with van der Waals surface area (Å²) in [5, 5.41) is 8.16. The molecule has 148 valence electrons. The summed E-state index contributed by atoms with van der Waals surface area (Å²) in [5.41, 5.74) is 1.33. The predicted octanol–water partition coefficient (Wildman–Crippen LogP) is 2.75. The Morgan fingerprint density at radius 3 is 2.79 bits per heavy atom. The molecule has 2 aliphatic heterocycles. The number of benzene rings is 1. The van der Waals surface area contributed by atoms with Crippen molar-refractivity contribution in [1.29, 1.82) is 0 Å². The monoisotopic (exact) mass is 422 g/mol. The van der Waals surface area contributed by atoms with E-state index in [1.54, 1.807) is 27.8 Å². The van der Waals surface area contributed by atoms with Crippen LogP contribution in [0, 0.1) is 0 Å². The van der Waals surface area contributed by atoms with Gasteiger partial charge in [0.15, 0.2) is 5.69 Å². The number of nitrogens with zero attached hydrogens (tertiary/aromatic N) is 3. The largest absolute Gasteiger partial charge is 0.376 e. The Morgan fingerprint density at radius 1 is 1.29 bits per heavy atom. The molecule has 1 saturated heterocycles. The van der Waals surface area contributed by atoms with E-state index in [9.17, 15) is 9.59 Å². The van der Waals surface area contributed by atoms with Crippen molar-refractivity contribution in [3.05, 3.63) is 51.3 Å². The van der Waals surface area contributed by atoms with Crippen LogP contribution in [0.1, 0.15) is 39.4 Å². The van der Waals surface area contributed by atoms with Gasteiger partial charge in [-0.15, -0.1) is 0 Å². The number of carbonyl (C=O) groups is 2. The molecule has 1 atom stereocenters. The van der Waals surface area contributed by atoms with E-state index in [1.165, 1.54) is 6.07 Å². The van der Waals surface area contributed by atoms with Crippen molar-refractivity contribution in [2.75, 3.05) is 19.7 Å². The fourth-order valence-electron chi connectivity index (χ4n) is 3.48. The zero-order valence-corrected chi connectivity index (χ0v) is 16.7. The van der Waals surface area contributed by atoms with E-state index in [2.05, 4.69) is 10.4 Å². The first-order valence-corrected chi connectivity index (χ1v) is 9.98. The maximum atomic E-state index is 12.9. The van der Waals surface area contributed by atoms with E-state index in [0.717, 1.165) is 19.4 Å². The highest BCUT2D eigenvalue weighted by Gasteiger charge is 2.29. The quantitative estimate of drug-likeness (QED) is 0.803. The van der Waals surface area contributed by atoms with Gasteiger partial charge in [0.2, 0.25) is 0 Å². The number of aromatic nitrogens is 2. The van der Waals surface area contributed by atoms with Crippen LogP contribution in [0.25, 0.3) is 0 Å². The second-order valence-corrected chi connectivity index (χ2v) is 7.72. The molecule has 1 aromatic heterocycles. The van der Waals surface area contributed by atoms with E-state index in [0.29, 0.717) is 47.5 Å². The fourth-order valence-corrected chi connectivity index (χ4v) is 3.99. The Labute approximate surface area is 172 Å². The topological polar surface area (TPSA) is 76.5 Å². The van der Waals surface area contributed by atoms with Crippen LogP contribution >= 0.6 is 23.2 Å². The minimum Gasteiger partial charge on any atom is -0.376 e. The first-order valence-electron chi connectivity index (χ1n) is 9.23. The summed E-state index contributed by atoms with van der Waals surface area (Å²) < 4.78 is 7.08. The molecule has 1 fully saturated rings. The Kier molecular flexibility index (Phi) is 5.57. The van der Waals surface area contributed by atoms with Crippen molar-refractivity contribution in [2.24, 2.45) is 0 Å². The Balaban J connectivity index is 1.45. The summed E-state index contributed by atoms with van der Waals surface area (Å²) in [6.45, 7) is 2.46. The normalized spacial score (nSPS) is 19.0. The smallest absolute Gasteiger partial charge is 0.272 e. The van der Waals surface area contributed by atoms with Gasteiger partial charge in [-0.1, -0.05) is 29.3 Å². The molecular weight excluding hydrogens is 403 g/mol. The SMILES string of the molecule is O=C(NCC1CCCO1)c1cc2n(n1)CCN(Cc1c(Cl)cccc1Cl)C2=O. The molecule has 0 saturated carbocycles. The van der Waals surface area contributed by atoms with Crippen LogP contribution in [0.15, 0.2) is 24.3 Å². The first kappa shape index (κ1) is 19.2. The van der Waals surface area contributed by atoms with Gasteiger partial charge >= 0.3 is 0 Å². The van der Waals surface area contributed by atoms with Gasteiger partial charge in [0.25, 0.3) is 11.8 Å². The second-order valence-electron chi connectivity index (χ2n) is 6.91. The van der Waals surface area contributed by atoms with Crippen molar-refractivity contribution < 1.29 is 14.3 Å². The number of halogens is 2. The number of hydrogen-bond acceptors (Lipinski definition) is 4. The summed E-state index contributed by atoms with van der Waals surface area (Å²) in [4.78, 5) is 26.9. The van der Waals surface area contributed by atoms with Gasteiger partial charge < -0.3 is 15.0 Å². The fraction of sp³-hybridized carbons (Fsp3) is 0.421. The number of rotatable bonds is 5. The lowest BCUT2D eigenvalue weighted by molar-refractivity contribution is 0.0683. The summed E-state index contributed by atoms with van der Waals surface area (Å²) >= 11 is 12.5. The van der Waals surface area contributed by atoms with Crippen LogP contribution in [0.5, 0.6) is 0 Å². The molecular formula is C19H20Cl2N4O3. The van der Waals surface area contributed by atoms with E-state index in [1.807, 2.05) is 0 Å². The number of carbonyl (C=O) groups excluding carboxylic acids is 2. The van der Waals surface area contributed by atoms with Crippen LogP contribution in [-0.4, -0.2) is 52.3 Å². The van der Waals surface area contributed by atoms with Crippen molar-refractivity contribution in [3.8, 4) is 0 Å². The molecule has 1 unspecified atom stereocenters. The number of ether oxygens (including phenoxy) is 1. The molecule has 0 aliphatic carbocycles. The summed E-state index contributed by atoms with van der Waals surface area (Å²) in [7, 11) is 0. The zero-order chi connectivity index (χ0) is 19.7. The van der Waals surface area contributed by atoms with Gasteiger partial charge in [0.1, 0.15) is 5.69 Å². The molecule has 0 bridgehead atoms. The molecule has 1 N–H and O–H groups in total. The van der Waals surface area contributed by atoms with Crippen LogP contribution < -0.4 is 5.32 Å². The summed E-state index contributed by atoms with van der Waals surface area (Å²) in [6.07, 6.45) is 2.01. The summed E-state index contributed by atoms with van der Waals surface area (Å²) in [5.74, 6) is -0.501. The number of fused-ring (bicyclic) bond motifs is 1. The Hall–Kier alpha value is -2.09. The predicted molar refractivity (Wildman–Crippen MR) is 105 cm³/mol. The Bertz CT molecular complexity index is 888. The standard InChI is InChI=1S/C19H20Cl2N4O3/c20-14-4-1-5-15(21)13(14)11-24-6-7-25-17(19(24)27)9-16(23-25)18(26)22-10-12-3-2-8-28-12/h1,4-5,9,12H,2-3,6-8,10-11H2,(H,22,26). The molecule has 0 radical (unpaired) electrons. The van der Waals surface area contributed by atoms with E-state index in [-0.39, 0.29) is 23.6 Å². The van der Waals surface area contributed by atoms with Gasteiger partial charge in [-0.05, 0) is 25.0 Å².